The number of urea groups is 1. The van der Waals surface area contributed by atoms with Gasteiger partial charge in [-0.25, -0.2) is 4.79 Å². The number of likely N-dealkylation sites (tertiary alicyclic amines) is 1. The highest BCUT2D eigenvalue weighted by Crippen LogP contribution is 2.32. The third-order valence-electron chi connectivity index (χ3n) is 7.39. The van der Waals surface area contributed by atoms with E-state index in [2.05, 4.69) is 0 Å². The van der Waals surface area contributed by atoms with E-state index < -0.39 is 5.97 Å². The van der Waals surface area contributed by atoms with Crippen LogP contribution in [0.2, 0.25) is 0 Å². The zero-order valence-electron chi connectivity index (χ0n) is 19.9. The van der Waals surface area contributed by atoms with Crippen molar-refractivity contribution >= 4 is 30.2 Å². The predicted octanol–water partition coefficient (Wildman–Crippen LogP) is 4.84. The van der Waals surface area contributed by atoms with Crippen molar-refractivity contribution in [3.63, 3.8) is 0 Å². The van der Waals surface area contributed by atoms with Crippen molar-refractivity contribution < 1.29 is 14.7 Å². The molecule has 2 fully saturated rings. The quantitative estimate of drug-likeness (QED) is 0.391. The zero-order valence-corrected chi connectivity index (χ0v) is 20.8. The number of carbonyl (C=O) groups excluding carboxylic acids is 1. The van der Waals surface area contributed by atoms with E-state index in [9.17, 15) is 14.7 Å². The Bertz CT molecular complexity index is 999. The van der Waals surface area contributed by atoms with Crippen molar-refractivity contribution in [2.45, 2.75) is 57.0 Å². The number of nitrogens with one attached hydrogen (secondary N) is 1. The van der Waals surface area contributed by atoms with Gasteiger partial charge >= 0.3 is 12.0 Å². The fourth-order valence-electron chi connectivity index (χ4n) is 5.29. The van der Waals surface area contributed by atoms with Crippen LogP contribution in [0.25, 0.3) is 0 Å². The molecule has 4 rings (SSSR count). The van der Waals surface area contributed by atoms with Crippen LogP contribution in [0, 0.1) is 11.3 Å². The van der Waals surface area contributed by atoms with Crippen LogP contribution in [0.15, 0.2) is 54.6 Å². The molecule has 0 bridgehead atoms. The summed E-state index contributed by atoms with van der Waals surface area (Å²) in [5.41, 5.74) is 8.62. The Kier molecular flexibility index (Phi) is 9.15. The SMILES string of the molecule is Cl.N=C(N)c1ccc(C2CCN(C(=O)N(Cc3ccccc3)C3CCC(C(=O)O)CC3)CC2)cc1. The molecule has 1 heterocycles. The first-order valence-electron chi connectivity index (χ1n) is 12.2. The number of aliphatic carboxylic acids is 1. The fourth-order valence-corrected chi connectivity index (χ4v) is 5.29. The summed E-state index contributed by atoms with van der Waals surface area (Å²) in [6.45, 7) is 1.95. The largest absolute Gasteiger partial charge is 0.481 e. The van der Waals surface area contributed by atoms with Gasteiger partial charge in [0, 0.05) is 31.2 Å². The Balaban J connectivity index is 0.00000342. The van der Waals surface area contributed by atoms with E-state index in [1.54, 1.807) is 0 Å². The lowest BCUT2D eigenvalue weighted by Crippen LogP contribution is -2.51. The van der Waals surface area contributed by atoms with Crippen molar-refractivity contribution in [1.29, 1.82) is 5.41 Å². The van der Waals surface area contributed by atoms with Gasteiger partial charge in [-0.3, -0.25) is 10.2 Å². The van der Waals surface area contributed by atoms with Gasteiger partial charge in [0.25, 0.3) is 0 Å². The second-order valence-corrected chi connectivity index (χ2v) is 9.54. The van der Waals surface area contributed by atoms with Crippen molar-refractivity contribution in [1.82, 2.24) is 9.80 Å². The maximum atomic E-state index is 13.7. The van der Waals surface area contributed by atoms with Crippen LogP contribution in [0.1, 0.15) is 61.1 Å². The summed E-state index contributed by atoms with van der Waals surface area (Å²) in [6.07, 6.45) is 4.50. The summed E-state index contributed by atoms with van der Waals surface area (Å²) in [5.74, 6) is -0.561. The Morgan fingerprint density at radius 1 is 0.943 bits per heavy atom. The third-order valence-corrected chi connectivity index (χ3v) is 7.39. The van der Waals surface area contributed by atoms with Crippen LogP contribution < -0.4 is 5.73 Å². The lowest BCUT2D eigenvalue weighted by molar-refractivity contribution is -0.143. The first kappa shape index (κ1) is 26.5. The number of nitrogen functional groups attached to an aromatic ring is 1. The molecule has 2 aliphatic rings. The molecule has 1 aliphatic heterocycles. The highest BCUT2D eigenvalue weighted by molar-refractivity contribution is 5.94. The number of piperidine rings is 1. The number of nitrogens with two attached hydrogens (primary N) is 1. The van der Waals surface area contributed by atoms with Gasteiger partial charge in [-0.1, -0.05) is 54.6 Å². The van der Waals surface area contributed by atoms with Gasteiger partial charge in [0.15, 0.2) is 0 Å². The molecule has 0 atom stereocenters. The van der Waals surface area contributed by atoms with E-state index in [0.717, 1.165) is 36.8 Å². The molecular formula is C27H35ClN4O3. The van der Waals surface area contributed by atoms with Gasteiger partial charge in [0.05, 0.1) is 5.92 Å². The van der Waals surface area contributed by atoms with E-state index in [1.165, 1.54) is 5.56 Å². The smallest absolute Gasteiger partial charge is 0.320 e. The number of carbonyl (C=O) groups is 2. The van der Waals surface area contributed by atoms with E-state index in [4.69, 9.17) is 11.1 Å². The number of hydrogen-bond acceptors (Lipinski definition) is 3. The third kappa shape index (κ3) is 6.54. The van der Waals surface area contributed by atoms with Crippen molar-refractivity contribution in [2.24, 2.45) is 11.7 Å². The monoisotopic (exact) mass is 498 g/mol. The van der Waals surface area contributed by atoms with Crippen molar-refractivity contribution in [3.05, 3.63) is 71.3 Å². The van der Waals surface area contributed by atoms with E-state index in [0.29, 0.717) is 38.4 Å². The van der Waals surface area contributed by atoms with Gasteiger partial charge in [-0.05, 0) is 55.6 Å². The normalized spacial score (nSPS) is 20.5. The van der Waals surface area contributed by atoms with Gasteiger partial charge in [-0.15, -0.1) is 12.4 Å². The molecule has 35 heavy (non-hydrogen) atoms. The second kappa shape index (κ2) is 12.1. The van der Waals surface area contributed by atoms with Gasteiger partial charge < -0.3 is 20.6 Å². The van der Waals surface area contributed by atoms with Crippen LogP contribution in [0.4, 0.5) is 4.79 Å². The first-order valence-corrected chi connectivity index (χ1v) is 12.2. The molecule has 0 aromatic heterocycles. The highest BCUT2D eigenvalue weighted by atomic mass is 35.5. The summed E-state index contributed by atoms with van der Waals surface area (Å²) >= 11 is 0. The lowest BCUT2D eigenvalue weighted by atomic mass is 9.85. The van der Waals surface area contributed by atoms with Gasteiger partial charge in [0.2, 0.25) is 0 Å². The molecule has 1 saturated carbocycles. The molecule has 4 N–H and O–H groups in total. The summed E-state index contributed by atoms with van der Waals surface area (Å²) in [6, 6.07) is 18.0. The Hall–Kier alpha value is -3.06. The Labute approximate surface area is 213 Å². The van der Waals surface area contributed by atoms with E-state index in [-0.39, 0.29) is 36.2 Å². The molecule has 2 aromatic carbocycles. The molecule has 2 amide bonds. The van der Waals surface area contributed by atoms with Crippen LogP contribution in [-0.2, 0) is 11.3 Å². The van der Waals surface area contributed by atoms with Crippen molar-refractivity contribution in [2.75, 3.05) is 13.1 Å². The van der Waals surface area contributed by atoms with E-state index >= 15 is 0 Å². The molecular weight excluding hydrogens is 464 g/mol. The first-order chi connectivity index (χ1) is 16.4. The Morgan fingerprint density at radius 2 is 1.54 bits per heavy atom. The fraction of sp³-hybridized carbons (Fsp3) is 0.444. The molecule has 2 aromatic rings. The zero-order chi connectivity index (χ0) is 24.1. The summed E-state index contributed by atoms with van der Waals surface area (Å²) < 4.78 is 0. The van der Waals surface area contributed by atoms with Crippen LogP contribution in [-0.4, -0.2) is 51.9 Å². The number of hydrogen-bond donors (Lipinski definition) is 3. The molecule has 1 saturated heterocycles. The van der Waals surface area contributed by atoms with Crippen LogP contribution >= 0.6 is 12.4 Å². The van der Waals surface area contributed by atoms with Crippen LogP contribution in [0.5, 0.6) is 0 Å². The number of halogens is 1. The molecule has 0 radical (unpaired) electrons. The predicted molar refractivity (Wildman–Crippen MR) is 139 cm³/mol. The minimum absolute atomic E-state index is 0. The van der Waals surface area contributed by atoms with Crippen molar-refractivity contribution in [3.8, 4) is 0 Å². The molecule has 0 spiro atoms. The number of carboxylic acid groups (broad SMARTS) is 1. The molecule has 188 valence electrons. The molecule has 8 heteroatoms. The minimum atomic E-state index is -0.724. The number of amidine groups is 1. The highest BCUT2D eigenvalue weighted by Gasteiger charge is 2.34. The second-order valence-electron chi connectivity index (χ2n) is 9.54. The topological polar surface area (TPSA) is 111 Å². The number of benzene rings is 2. The lowest BCUT2D eigenvalue weighted by Gasteiger charge is -2.41. The molecule has 1 aliphatic carbocycles. The summed E-state index contributed by atoms with van der Waals surface area (Å²) in [5, 5.41) is 16.9. The van der Waals surface area contributed by atoms with Gasteiger partial charge in [0.1, 0.15) is 5.84 Å². The minimum Gasteiger partial charge on any atom is -0.481 e. The maximum Gasteiger partial charge on any atom is 0.320 e. The van der Waals surface area contributed by atoms with E-state index in [1.807, 2.05) is 64.4 Å². The van der Waals surface area contributed by atoms with Crippen LogP contribution in [0.3, 0.4) is 0 Å². The summed E-state index contributed by atoms with van der Waals surface area (Å²) in [7, 11) is 0. The summed E-state index contributed by atoms with van der Waals surface area (Å²) in [4.78, 5) is 29.0. The molecule has 0 unspecified atom stereocenters. The average molecular weight is 499 g/mol. The average Bonchev–Trinajstić information content (AvgIpc) is 2.88. The molecule has 7 nitrogen and oxygen atoms in total. The van der Waals surface area contributed by atoms with Gasteiger partial charge in [-0.2, -0.15) is 0 Å². The number of nitrogens with zero attached hydrogens (tertiary/aromatic N) is 2. The number of carboxylic acids is 1. The maximum absolute atomic E-state index is 13.7. The standard InChI is InChI=1S/C27H34N4O3.ClH/c28-25(29)22-8-6-20(7-9-22)21-14-16-30(17-15-21)27(34)31(18-19-4-2-1-3-5-19)24-12-10-23(11-13-24)26(32)33;/h1-9,21,23-24H,10-18H2,(H3,28,29)(H,32,33);1H. The Morgan fingerprint density at radius 3 is 2.09 bits per heavy atom. The number of rotatable bonds is 6. The number of amides is 2.